The van der Waals surface area contributed by atoms with Gasteiger partial charge in [-0.25, -0.2) is 0 Å². The Bertz CT molecular complexity index is 667. The molecule has 1 aliphatic rings. The van der Waals surface area contributed by atoms with E-state index in [0.29, 0.717) is 12.1 Å². The van der Waals surface area contributed by atoms with E-state index in [4.69, 9.17) is 0 Å². The van der Waals surface area contributed by atoms with Gasteiger partial charge in [0.2, 0.25) is 0 Å². The smallest absolute Gasteiger partial charge is 0.253 e. The van der Waals surface area contributed by atoms with E-state index in [-0.39, 0.29) is 5.91 Å². The van der Waals surface area contributed by atoms with Gasteiger partial charge in [0.15, 0.2) is 0 Å². The monoisotopic (exact) mass is 281 g/mol. The Hall–Kier alpha value is -2.49. The fourth-order valence-electron chi connectivity index (χ4n) is 2.54. The van der Waals surface area contributed by atoms with E-state index in [9.17, 15) is 4.79 Å². The molecule has 4 nitrogen and oxygen atoms in total. The highest BCUT2D eigenvalue weighted by atomic mass is 16.1. The van der Waals surface area contributed by atoms with Crippen LogP contribution in [0.4, 0.5) is 11.4 Å². The first-order valence-corrected chi connectivity index (χ1v) is 7.19. The lowest BCUT2D eigenvalue weighted by Gasteiger charge is -2.22. The number of rotatable bonds is 3. The van der Waals surface area contributed by atoms with Crippen LogP contribution in [0.3, 0.4) is 0 Å². The van der Waals surface area contributed by atoms with Crippen LogP contribution in [0.15, 0.2) is 42.5 Å². The van der Waals surface area contributed by atoms with Crippen molar-refractivity contribution in [2.75, 3.05) is 23.7 Å². The minimum absolute atomic E-state index is 0.0497. The van der Waals surface area contributed by atoms with E-state index in [2.05, 4.69) is 28.9 Å². The number of carbonyl (C=O) groups is 1. The molecule has 0 aliphatic carbocycles. The van der Waals surface area contributed by atoms with Crippen molar-refractivity contribution in [1.82, 2.24) is 5.32 Å². The van der Waals surface area contributed by atoms with Gasteiger partial charge in [0.25, 0.3) is 5.91 Å². The molecule has 2 aromatic carbocycles. The minimum atomic E-state index is -0.0497. The number of hydrogen-bond donors (Lipinski definition) is 3. The van der Waals surface area contributed by atoms with Gasteiger partial charge in [-0.1, -0.05) is 30.3 Å². The molecule has 2 aromatic rings. The molecule has 1 amide bonds. The summed E-state index contributed by atoms with van der Waals surface area (Å²) in [4.78, 5) is 12.4. The lowest BCUT2D eigenvalue weighted by molar-refractivity contribution is 0.0951. The van der Waals surface area contributed by atoms with Gasteiger partial charge in [-0.05, 0) is 30.2 Å². The number of nitrogens with one attached hydrogen (secondary N) is 3. The van der Waals surface area contributed by atoms with Crippen molar-refractivity contribution in [2.45, 2.75) is 13.5 Å². The number of carbonyl (C=O) groups excluding carboxylic acids is 1. The molecule has 4 heteroatoms. The summed E-state index contributed by atoms with van der Waals surface area (Å²) in [5.74, 6) is -0.0497. The summed E-state index contributed by atoms with van der Waals surface area (Å²) in [7, 11) is 0. The lowest BCUT2D eigenvalue weighted by atomic mass is 10.1. The molecule has 0 aromatic heterocycles. The van der Waals surface area contributed by atoms with Crippen LogP contribution < -0.4 is 16.0 Å². The normalized spacial score (nSPS) is 12.8. The van der Waals surface area contributed by atoms with Gasteiger partial charge in [-0.3, -0.25) is 4.79 Å². The van der Waals surface area contributed by atoms with Gasteiger partial charge < -0.3 is 16.0 Å². The third-order valence-corrected chi connectivity index (χ3v) is 3.75. The maximum absolute atomic E-state index is 12.4. The number of amides is 1. The zero-order valence-corrected chi connectivity index (χ0v) is 12.1. The van der Waals surface area contributed by atoms with E-state index < -0.39 is 0 Å². The van der Waals surface area contributed by atoms with E-state index in [1.165, 1.54) is 5.56 Å². The predicted octanol–water partition coefficient (Wildman–Crippen LogP) is 2.76. The zero-order chi connectivity index (χ0) is 14.7. The second-order valence-corrected chi connectivity index (χ2v) is 5.19. The van der Waals surface area contributed by atoms with Gasteiger partial charge in [-0.2, -0.15) is 0 Å². The van der Waals surface area contributed by atoms with Gasteiger partial charge >= 0.3 is 0 Å². The van der Waals surface area contributed by atoms with E-state index in [0.717, 1.165) is 30.0 Å². The molecule has 0 bridgehead atoms. The van der Waals surface area contributed by atoms with Crippen LogP contribution in [0, 0.1) is 6.92 Å². The van der Waals surface area contributed by atoms with Crippen LogP contribution >= 0.6 is 0 Å². The third kappa shape index (κ3) is 2.84. The molecule has 0 fully saturated rings. The maximum atomic E-state index is 12.4. The fourth-order valence-corrected chi connectivity index (χ4v) is 2.54. The fraction of sp³-hybridized carbons (Fsp3) is 0.235. The van der Waals surface area contributed by atoms with Crippen molar-refractivity contribution in [1.29, 1.82) is 0 Å². The number of para-hydroxylation sites is 1. The summed E-state index contributed by atoms with van der Waals surface area (Å²) < 4.78 is 0. The molecule has 0 unspecified atom stereocenters. The molecule has 3 N–H and O–H groups in total. The molecular weight excluding hydrogens is 262 g/mol. The first-order valence-electron chi connectivity index (χ1n) is 7.19. The summed E-state index contributed by atoms with van der Waals surface area (Å²) in [5.41, 5.74) is 4.90. The number of fused-ring (bicyclic) bond motifs is 1. The standard InChI is InChI=1S/C17H19N3O/c1-12-5-2-3-6-13(12)11-20-17(21)14-7-4-8-15-16(14)19-10-9-18-15/h2-8,18-19H,9-11H2,1H3,(H,20,21). The van der Waals surface area contributed by atoms with Gasteiger partial charge in [-0.15, -0.1) is 0 Å². The van der Waals surface area contributed by atoms with Crippen molar-refractivity contribution in [3.8, 4) is 0 Å². The quantitative estimate of drug-likeness (QED) is 0.811. The Balaban J connectivity index is 1.76. The maximum Gasteiger partial charge on any atom is 0.253 e. The summed E-state index contributed by atoms with van der Waals surface area (Å²) in [6.07, 6.45) is 0. The van der Waals surface area contributed by atoms with Crippen molar-refractivity contribution in [3.05, 3.63) is 59.2 Å². The van der Waals surface area contributed by atoms with Crippen molar-refractivity contribution in [3.63, 3.8) is 0 Å². The molecule has 108 valence electrons. The van der Waals surface area contributed by atoms with E-state index in [1.807, 2.05) is 36.4 Å². The Labute approximate surface area is 124 Å². The molecule has 1 heterocycles. The van der Waals surface area contributed by atoms with Crippen LogP contribution in [-0.2, 0) is 6.54 Å². The molecular formula is C17H19N3O. The summed E-state index contributed by atoms with van der Waals surface area (Å²) in [6.45, 7) is 4.30. The predicted molar refractivity (Wildman–Crippen MR) is 85.8 cm³/mol. The second kappa shape index (κ2) is 5.87. The SMILES string of the molecule is Cc1ccccc1CNC(=O)c1cccc2c1NCCN2. The van der Waals surface area contributed by atoms with Gasteiger partial charge in [0.1, 0.15) is 0 Å². The molecule has 21 heavy (non-hydrogen) atoms. The summed E-state index contributed by atoms with van der Waals surface area (Å²) in [5, 5.41) is 9.60. The first kappa shape index (κ1) is 13.5. The number of benzene rings is 2. The highest BCUT2D eigenvalue weighted by Crippen LogP contribution is 2.28. The molecule has 3 rings (SSSR count). The highest BCUT2D eigenvalue weighted by Gasteiger charge is 2.16. The number of anilines is 2. The van der Waals surface area contributed by atoms with Gasteiger partial charge in [0, 0.05) is 19.6 Å². The third-order valence-electron chi connectivity index (χ3n) is 3.75. The van der Waals surface area contributed by atoms with Crippen LogP contribution in [0.25, 0.3) is 0 Å². The topological polar surface area (TPSA) is 53.2 Å². The minimum Gasteiger partial charge on any atom is -0.382 e. The first-order chi connectivity index (χ1) is 10.3. The molecule has 0 atom stereocenters. The number of hydrogen-bond acceptors (Lipinski definition) is 3. The molecule has 0 spiro atoms. The second-order valence-electron chi connectivity index (χ2n) is 5.19. The van der Waals surface area contributed by atoms with Crippen molar-refractivity contribution in [2.24, 2.45) is 0 Å². The van der Waals surface area contributed by atoms with Crippen LogP contribution in [0.5, 0.6) is 0 Å². The Morgan fingerprint density at radius 2 is 1.90 bits per heavy atom. The average Bonchev–Trinajstić information content (AvgIpc) is 2.53. The Kier molecular flexibility index (Phi) is 3.77. The zero-order valence-electron chi connectivity index (χ0n) is 12.1. The van der Waals surface area contributed by atoms with Crippen LogP contribution in [-0.4, -0.2) is 19.0 Å². The van der Waals surface area contributed by atoms with Crippen molar-refractivity contribution >= 4 is 17.3 Å². The van der Waals surface area contributed by atoms with Crippen LogP contribution in [0.2, 0.25) is 0 Å². The van der Waals surface area contributed by atoms with E-state index in [1.54, 1.807) is 0 Å². The van der Waals surface area contributed by atoms with Crippen molar-refractivity contribution < 1.29 is 4.79 Å². The summed E-state index contributed by atoms with van der Waals surface area (Å²) >= 11 is 0. The summed E-state index contributed by atoms with van der Waals surface area (Å²) in [6, 6.07) is 13.8. The highest BCUT2D eigenvalue weighted by molar-refractivity contribution is 6.02. The molecule has 0 saturated heterocycles. The largest absolute Gasteiger partial charge is 0.382 e. The Morgan fingerprint density at radius 1 is 1.10 bits per heavy atom. The molecule has 1 aliphatic heterocycles. The average molecular weight is 281 g/mol. The van der Waals surface area contributed by atoms with E-state index >= 15 is 0 Å². The lowest BCUT2D eigenvalue weighted by Crippen LogP contribution is -2.27. The van der Waals surface area contributed by atoms with Gasteiger partial charge in [0.05, 0.1) is 16.9 Å². The molecule has 0 radical (unpaired) electrons. The Morgan fingerprint density at radius 3 is 2.76 bits per heavy atom. The molecule has 0 saturated carbocycles. The van der Waals surface area contributed by atoms with Crippen LogP contribution in [0.1, 0.15) is 21.5 Å². The number of aryl methyl sites for hydroxylation is 1.